The first kappa shape index (κ1) is 23.5. The largest absolute Gasteiger partial charge is 0.353 e. The molecular weight excluding hydrogens is 434 g/mol. The number of aryl methyl sites for hydroxylation is 3. The van der Waals surface area contributed by atoms with Crippen molar-refractivity contribution in [2.75, 3.05) is 32.7 Å². The van der Waals surface area contributed by atoms with Crippen molar-refractivity contribution in [2.45, 2.75) is 32.9 Å². The van der Waals surface area contributed by atoms with Crippen molar-refractivity contribution in [3.05, 3.63) is 94.8 Å². The topological polar surface area (TPSA) is 44.1 Å². The quantitative estimate of drug-likeness (QED) is 0.545. The van der Waals surface area contributed by atoms with Crippen molar-refractivity contribution in [3.8, 4) is 0 Å². The fraction of sp³-hybridized carbons (Fsp3) is 0.379. The highest BCUT2D eigenvalue weighted by Crippen LogP contribution is 2.33. The highest BCUT2D eigenvalue weighted by molar-refractivity contribution is 6.03. The zero-order valence-electron chi connectivity index (χ0n) is 21.0. The number of benzene rings is 2. The second-order valence-electron chi connectivity index (χ2n) is 9.89. The Balaban J connectivity index is 1.27. The molecule has 35 heavy (non-hydrogen) atoms. The average molecular weight is 470 g/mol. The molecule has 6 heteroatoms. The molecule has 6 nitrogen and oxygen atoms in total. The fourth-order valence-corrected chi connectivity index (χ4v) is 5.10. The van der Waals surface area contributed by atoms with Crippen LogP contribution in [0, 0.1) is 13.8 Å². The molecule has 2 aliphatic heterocycles. The third kappa shape index (κ3) is 5.24. The minimum absolute atomic E-state index is 0.0709. The van der Waals surface area contributed by atoms with Crippen molar-refractivity contribution in [3.63, 3.8) is 0 Å². The maximum atomic E-state index is 13.6. The van der Waals surface area contributed by atoms with Crippen LogP contribution in [-0.2, 0) is 18.4 Å². The first-order chi connectivity index (χ1) is 17.0. The maximum absolute atomic E-state index is 13.6. The molecule has 5 rings (SSSR count). The molecule has 1 amide bonds. The van der Waals surface area contributed by atoms with Gasteiger partial charge in [-0.3, -0.25) is 14.6 Å². The molecular formula is C29H35N5O. The van der Waals surface area contributed by atoms with Crippen molar-refractivity contribution < 1.29 is 4.79 Å². The molecule has 1 aromatic heterocycles. The van der Waals surface area contributed by atoms with Gasteiger partial charge in [-0.05, 0) is 54.3 Å². The van der Waals surface area contributed by atoms with Crippen molar-refractivity contribution >= 4 is 11.6 Å². The lowest BCUT2D eigenvalue weighted by atomic mass is 9.98. The van der Waals surface area contributed by atoms with Gasteiger partial charge in [0.25, 0.3) is 5.91 Å². The number of amides is 1. The summed E-state index contributed by atoms with van der Waals surface area (Å²) in [5, 5.41) is 6.64. The van der Waals surface area contributed by atoms with Gasteiger partial charge in [0.1, 0.15) is 6.04 Å². The van der Waals surface area contributed by atoms with Crippen LogP contribution in [-0.4, -0.2) is 63.7 Å². The summed E-state index contributed by atoms with van der Waals surface area (Å²) < 4.78 is 2.10. The second-order valence-corrected chi connectivity index (χ2v) is 9.89. The zero-order valence-corrected chi connectivity index (χ0v) is 21.0. The minimum Gasteiger partial charge on any atom is -0.353 e. The van der Waals surface area contributed by atoms with Crippen LogP contribution < -0.4 is 0 Å². The van der Waals surface area contributed by atoms with Crippen LogP contribution in [0.25, 0.3) is 0 Å². The van der Waals surface area contributed by atoms with Gasteiger partial charge in [-0.2, -0.15) is 5.10 Å². The van der Waals surface area contributed by atoms with Crippen LogP contribution in [0.4, 0.5) is 0 Å². The zero-order chi connectivity index (χ0) is 24.4. The molecule has 0 N–H and O–H groups in total. The van der Waals surface area contributed by atoms with Gasteiger partial charge in [-0.15, -0.1) is 0 Å². The number of carbonyl (C=O) groups excluding carboxylic acids is 1. The third-order valence-electron chi connectivity index (χ3n) is 7.40. The molecule has 1 fully saturated rings. The number of rotatable bonds is 6. The molecule has 0 radical (unpaired) electrons. The predicted octanol–water partition coefficient (Wildman–Crippen LogP) is 4.14. The number of piperazine rings is 1. The summed E-state index contributed by atoms with van der Waals surface area (Å²) in [5.41, 5.74) is 7.07. The Morgan fingerprint density at radius 1 is 0.914 bits per heavy atom. The van der Waals surface area contributed by atoms with Crippen molar-refractivity contribution in [1.29, 1.82) is 0 Å². The number of hydrogen-bond acceptors (Lipinski definition) is 4. The highest BCUT2D eigenvalue weighted by atomic mass is 16.2. The first-order valence-corrected chi connectivity index (χ1v) is 12.5. The van der Waals surface area contributed by atoms with E-state index in [2.05, 4.69) is 82.8 Å². The molecule has 2 aliphatic rings. The summed E-state index contributed by atoms with van der Waals surface area (Å²) >= 11 is 0. The number of hydrogen-bond donors (Lipinski definition) is 0. The molecule has 0 spiro atoms. The van der Waals surface area contributed by atoms with E-state index in [1.807, 2.05) is 19.3 Å². The summed E-state index contributed by atoms with van der Waals surface area (Å²) in [6, 6.07) is 21.1. The lowest BCUT2D eigenvalue weighted by Crippen LogP contribution is -2.49. The fourth-order valence-electron chi connectivity index (χ4n) is 5.10. The van der Waals surface area contributed by atoms with Crippen LogP contribution in [0.1, 0.15) is 40.4 Å². The average Bonchev–Trinajstić information content (AvgIpc) is 3.49. The van der Waals surface area contributed by atoms with Gasteiger partial charge >= 0.3 is 0 Å². The maximum Gasteiger partial charge on any atom is 0.257 e. The minimum atomic E-state index is -0.0709. The van der Waals surface area contributed by atoms with Crippen LogP contribution in [0.2, 0.25) is 0 Å². The predicted molar refractivity (Wildman–Crippen MR) is 140 cm³/mol. The number of nitrogens with zero attached hydrogens (tertiary/aromatic N) is 5. The number of aromatic nitrogens is 1. The molecule has 2 aromatic carbocycles. The van der Waals surface area contributed by atoms with E-state index < -0.39 is 0 Å². The summed E-state index contributed by atoms with van der Waals surface area (Å²) in [6.07, 6.45) is 2.77. The van der Waals surface area contributed by atoms with Gasteiger partial charge in [0.15, 0.2) is 0 Å². The molecule has 0 bridgehead atoms. The van der Waals surface area contributed by atoms with Crippen molar-refractivity contribution in [1.82, 2.24) is 19.4 Å². The Morgan fingerprint density at radius 2 is 1.66 bits per heavy atom. The Kier molecular flexibility index (Phi) is 6.84. The molecule has 1 saturated heterocycles. The summed E-state index contributed by atoms with van der Waals surface area (Å²) in [6.45, 7) is 9.37. The highest BCUT2D eigenvalue weighted by Gasteiger charge is 2.35. The van der Waals surface area contributed by atoms with Gasteiger partial charge in [-0.25, -0.2) is 5.01 Å². The van der Waals surface area contributed by atoms with Gasteiger partial charge < -0.3 is 4.57 Å². The smallest absolute Gasteiger partial charge is 0.257 e. The van der Waals surface area contributed by atoms with Crippen LogP contribution in [0.5, 0.6) is 0 Å². The standard InChI is InChI=1S/C29H35N5O/c1-22-11-12-25(18-23(22)2)26-19-28(27-10-7-13-31(27)3)34(30-26)29(35)21-33-16-14-32(15-17-33)20-24-8-5-4-6-9-24/h4-13,18,28H,14-17,19-21H2,1-3H3/t28-/m0/s1. The lowest BCUT2D eigenvalue weighted by Gasteiger charge is -2.35. The van der Waals surface area contributed by atoms with Crippen LogP contribution in [0.15, 0.2) is 72.0 Å². The molecule has 3 heterocycles. The monoisotopic (exact) mass is 469 g/mol. The van der Waals surface area contributed by atoms with E-state index in [4.69, 9.17) is 5.10 Å². The van der Waals surface area contributed by atoms with E-state index in [1.54, 1.807) is 5.01 Å². The van der Waals surface area contributed by atoms with Crippen molar-refractivity contribution in [2.24, 2.45) is 12.1 Å². The number of carbonyl (C=O) groups is 1. The van der Waals surface area contributed by atoms with E-state index in [9.17, 15) is 4.79 Å². The molecule has 0 aliphatic carbocycles. The Hall–Kier alpha value is -3.22. The number of hydrazone groups is 1. The molecule has 0 unspecified atom stereocenters. The van der Waals surface area contributed by atoms with Gasteiger partial charge in [0.05, 0.1) is 12.3 Å². The SMILES string of the molecule is Cc1ccc(C2=NN(C(=O)CN3CCN(Cc4ccccc4)CC3)[C@H](c3cccn3C)C2)cc1C. The Morgan fingerprint density at radius 3 is 2.34 bits per heavy atom. The Labute approximate surface area is 208 Å². The van der Waals surface area contributed by atoms with E-state index >= 15 is 0 Å². The summed E-state index contributed by atoms with van der Waals surface area (Å²) in [7, 11) is 2.04. The van der Waals surface area contributed by atoms with E-state index in [1.165, 1.54) is 16.7 Å². The normalized spacial score (nSPS) is 19.2. The molecule has 182 valence electrons. The van der Waals surface area contributed by atoms with E-state index in [0.717, 1.165) is 56.1 Å². The second kappa shape index (κ2) is 10.2. The summed E-state index contributed by atoms with van der Waals surface area (Å²) in [4.78, 5) is 18.3. The van der Waals surface area contributed by atoms with Crippen LogP contribution in [0.3, 0.4) is 0 Å². The van der Waals surface area contributed by atoms with E-state index in [-0.39, 0.29) is 11.9 Å². The van der Waals surface area contributed by atoms with E-state index in [0.29, 0.717) is 6.54 Å². The third-order valence-corrected chi connectivity index (χ3v) is 7.40. The van der Waals surface area contributed by atoms with Gasteiger partial charge in [0, 0.05) is 58.1 Å². The van der Waals surface area contributed by atoms with Gasteiger partial charge in [-0.1, -0.05) is 42.5 Å². The molecule has 1 atom stereocenters. The summed E-state index contributed by atoms with van der Waals surface area (Å²) in [5.74, 6) is 0.0755. The molecule has 0 saturated carbocycles. The molecule has 3 aromatic rings. The first-order valence-electron chi connectivity index (χ1n) is 12.5. The lowest BCUT2D eigenvalue weighted by molar-refractivity contribution is -0.134. The Bertz CT molecular complexity index is 1210. The van der Waals surface area contributed by atoms with Crippen LogP contribution >= 0.6 is 0 Å². The van der Waals surface area contributed by atoms with Gasteiger partial charge in [0.2, 0.25) is 0 Å².